The van der Waals surface area contributed by atoms with Crippen molar-refractivity contribution >= 4 is 23.9 Å². The third kappa shape index (κ3) is 9.28. The molecule has 0 aromatic heterocycles. The number of hydrogen-bond donors (Lipinski definition) is 2. The maximum Gasteiger partial charge on any atom is 0.317 e. The zero-order valence-corrected chi connectivity index (χ0v) is 18.1. The van der Waals surface area contributed by atoms with Crippen molar-refractivity contribution in [3.8, 4) is 0 Å². The molecule has 0 saturated carbocycles. The fourth-order valence-electron chi connectivity index (χ4n) is 3.37. The number of carboxylic acid groups (broad SMARTS) is 2. The standard InChI is InChI=1S/C21H36O8/c1-5-11-18(24)28-15(3)21(20(26)27,16(4)29-19(25)12-6-2)14-10-8-7-9-13-17(22)23/h15-16H,5-14H2,1-4H3,(H,22,23)(H,26,27). The van der Waals surface area contributed by atoms with Crippen molar-refractivity contribution in [3.05, 3.63) is 0 Å². The van der Waals surface area contributed by atoms with Gasteiger partial charge in [0.15, 0.2) is 0 Å². The minimum atomic E-state index is -1.57. The molecule has 0 rings (SSSR count). The van der Waals surface area contributed by atoms with E-state index in [4.69, 9.17) is 14.6 Å². The summed E-state index contributed by atoms with van der Waals surface area (Å²) in [5, 5.41) is 18.8. The number of hydrogen-bond acceptors (Lipinski definition) is 6. The summed E-state index contributed by atoms with van der Waals surface area (Å²) < 4.78 is 10.8. The highest BCUT2D eigenvalue weighted by Crippen LogP contribution is 2.38. The SMILES string of the molecule is CCCC(=O)OC(C)C(CCCCCCC(=O)O)(C(=O)O)C(C)OC(=O)CCC. The van der Waals surface area contributed by atoms with Crippen LogP contribution in [0.1, 0.15) is 91.9 Å². The van der Waals surface area contributed by atoms with E-state index in [1.165, 1.54) is 13.8 Å². The maximum atomic E-state index is 12.3. The molecule has 0 bridgehead atoms. The molecule has 2 unspecified atom stereocenters. The minimum absolute atomic E-state index is 0.0696. The summed E-state index contributed by atoms with van der Waals surface area (Å²) in [5.74, 6) is -3.02. The number of esters is 2. The number of carbonyl (C=O) groups is 4. The van der Waals surface area contributed by atoms with Crippen LogP contribution in [-0.4, -0.2) is 46.3 Å². The van der Waals surface area contributed by atoms with E-state index >= 15 is 0 Å². The lowest BCUT2D eigenvalue weighted by Crippen LogP contribution is -2.52. The molecule has 0 radical (unpaired) electrons. The lowest BCUT2D eigenvalue weighted by atomic mass is 9.73. The summed E-state index contributed by atoms with van der Waals surface area (Å²) in [6.45, 7) is 6.69. The molecule has 8 nitrogen and oxygen atoms in total. The average Bonchev–Trinajstić information content (AvgIpc) is 2.60. The first-order valence-corrected chi connectivity index (χ1v) is 10.5. The number of aliphatic carboxylic acids is 2. The van der Waals surface area contributed by atoms with Gasteiger partial charge in [-0.05, 0) is 39.5 Å². The van der Waals surface area contributed by atoms with E-state index in [0.717, 1.165) is 0 Å². The Morgan fingerprint density at radius 2 is 1.21 bits per heavy atom. The van der Waals surface area contributed by atoms with Gasteiger partial charge in [-0.25, -0.2) is 0 Å². The van der Waals surface area contributed by atoms with Crippen LogP contribution < -0.4 is 0 Å². The smallest absolute Gasteiger partial charge is 0.317 e. The van der Waals surface area contributed by atoms with E-state index in [1.807, 2.05) is 13.8 Å². The van der Waals surface area contributed by atoms with Crippen molar-refractivity contribution in [1.29, 1.82) is 0 Å². The molecule has 0 fully saturated rings. The predicted octanol–water partition coefficient (Wildman–Crippen LogP) is 3.95. The summed E-state index contributed by atoms with van der Waals surface area (Å²) in [5.41, 5.74) is -1.57. The quantitative estimate of drug-likeness (QED) is 0.286. The van der Waals surface area contributed by atoms with Gasteiger partial charge < -0.3 is 19.7 Å². The first kappa shape index (κ1) is 26.9. The molecule has 29 heavy (non-hydrogen) atoms. The van der Waals surface area contributed by atoms with Gasteiger partial charge in [0.05, 0.1) is 0 Å². The fraction of sp³-hybridized carbons (Fsp3) is 0.810. The average molecular weight is 417 g/mol. The molecule has 0 heterocycles. The van der Waals surface area contributed by atoms with Gasteiger partial charge in [0.2, 0.25) is 0 Å². The number of unbranched alkanes of at least 4 members (excludes halogenated alkanes) is 3. The van der Waals surface area contributed by atoms with Crippen molar-refractivity contribution in [2.45, 2.75) is 104 Å². The molecule has 168 valence electrons. The third-order valence-electron chi connectivity index (χ3n) is 5.10. The first-order chi connectivity index (χ1) is 13.6. The summed E-state index contributed by atoms with van der Waals surface area (Å²) in [4.78, 5) is 46.9. The summed E-state index contributed by atoms with van der Waals surface area (Å²) >= 11 is 0. The zero-order chi connectivity index (χ0) is 22.4. The Bertz CT molecular complexity index is 517. The van der Waals surface area contributed by atoms with E-state index in [1.54, 1.807) is 0 Å². The summed E-state index contributed by atoms with van der Waals surface area (Å²) in [6, 6.07) is 0. The first-order valence-electron chi connectivity index (χ1n) is 10.5. The molecule has 0 amide bonds. The van der Waals surface area contributed by atoms with Crippen molar-refractivity contribution in [3.63, 3.8) is 0 Å². The highest BCUT2D eigenvalue weighted by Gasteiger charge is 2.52. The predicted molar refractivity (Wildman–Crippen MR) is 106 cm³/mol. The van der Waals surface area contributed by atoms with E-state index in [0.29, 0.717) is 38.5 Å². The van der Waals surface area contributed by atoms with Gasteiger partial charge in [0, 0.05) is 19.3 Å². The maximum absolute atomic E-state index is 12.3. The van der Waals surface area contributed by atoms with Crippen LogP contribution in [-0.2, 0) is 28.7 Å². The highest BCUT2D eigenvalue weighted by atomic mass is 16.6. The van der Waals surface area contributed by atoms with Crippen LogP contribution in [0.2, 0.25) is 0 Å². The molecule has 0 aliphatic carbocycles. The van der Waals surface area contributed by atoms with Gasteiger partial charge in [0.25, 0.3) is 0 Å². The van der Waals surface area contributed by atoms with Crippen LogP contribution in [0.5, 0.6) is 0 Å². The van der Waals surface area contributed by atoms with Crippen LogP contribution in [0.3, 0.4) is 0 Å². The highest BCUT2D eigenvalue weighted by molar-refractivity contribution is 5.78. The molecule has 0 spiro atoms. The largest absolute Gasteiger partial charge is 0.481 e. The van der Waals surface area contributed by atoms with E-state index < -0.39 is 41.5 Å². The molecule has 2 N–H and O–H groups in total. The fourth-order valence-corrected chi connectivity index (χ4v) is 3.37. The molecule has 0 aliphatic rings. The van der Waals surface area contributed by atoms with Crippen molar-refractivity contribution < 1.29 is 38.9 Å². The topological polar surface area (TPSA) is 127 Å². The van der Waals surface area contributed by atoms with Crippen LogP contribution in [0.4, 0.5) is 0 Å². The second-order valence-electron chi connectivity index (χ2n) is 7.42. The Morgan fingerprint density at radius 1 is 0.759 bits per heavy atom. The summed E-state index contributed by atoms with van der Waals surface area (Å²) in [7, 11) is 0. The monoisotopic (exact) mass is 416 g/mol. The Balaban J connectivity index is 5.36. The zero-order valence-electron chi connectivity index (χ0n) is 18.1. The molecular formula is C21H36O8. The Kier molecular flexibility index (Phi) is 12.9. The number of ether oxygens (including phenoxy) is 2. The second kappa shape index (κ2) is 14.0. The Labute approximate surface area is 172 Å². The van der Waals surface area contributed by atoms with E-state index in [-0.39, 0.29) is 25.7 Å². The molecule has 0 aromatic carbocycles. The molecule has 2 atom stereocenters. The normalized spacial score (nSPS) is 15.0. The van der Waals surface area contributed by atoms with Crippen LogP contribution in [0.15, 0.2) is 0 Å². The Hall–Kier alpha value is -2.12. The van der Waals surface area contributed by atoms with Gasteiger partial charge in [0.1, 0.15) is 17.6 Å². The van der Waals surface area contributed by atoms with Crippen molar-refractivity contribution in [1.82, 2.24) is 0 Å². The van der Waals surface area contributed by atoms with Gasteiger partial charge in [-0.3, -0.25) is 19.2 Å². The van der Waals surface area contributed by atoms with E-state index in [9.17, 15) is 24.3 Å². The van der Waals surface area contributed by atoms with Crippen LogP contribution in [0, 0.1) is 5.41 Å². The third-order valence-corrected chi connectivity index (χ3v) is 5.10. The lowest BCUT2D eigenvalue weighted by molar-refractivity contribution is -0.187. The van der Waals surface area contributed by atoms with Gasteiger partial charge in [-0.15, -0.1) is 0 Å². The summed E-state index contributed by atoms with van der Waals surface area (Å²) in [6.07, 6.45) is 2.05. The number of carbonyl (C=O) groups excluding carboxylic acids is 2. The van der Waals surface area contributed by atoms with Crippen molar-refractivity contribution in [2.75, 3.05) is 0 Å². The van der Waals surface area contributed by atoms with Crippen LogP contribution in [0.25, 0.3) is 0 Å². The van der Waals surface area contributed by atoms with Gasteiger partial charge >= 0.3 is 23.9 Å². The molecule has 0 saturated heterocycles. The van der Waals surface area contributed by atoms with Gasteiger partial charge in [-0.1, -0.05) is 33.1 Å². The molecule has 8 heteroatoms. The van der Waals surface area contributed by atoms with Crippen molar-refractivity contribution in [2.24, 2.45) is 5.41 Å². The lowest BCUT2D eigenvalue weighted by Gasteiger charge is -2.39. The molecule has 0 aromatic rings. The second-order valence-corrected chi connectivity index (χ2v) is 7.42. The van der Waals surface area contributed by atoms with E-state index in [2.05, 4.69) is 0 Å². The molecular weight excluding hydrogens is 380 g/mol. The van der Waals surface area contributed by atoms with Gasteiger partial charge in [-0.2, -0.15) is 0 Å². The Morgan fingerprint density at radius 3 is 1.59 bits per heavy atom. The minimum Gasteiger partial charge on any atom is -0.481 e. The number of carboxylic acids is 2. The molecule has 0 aliphatic heterocycles. The van der Waals surface area contributed by atoms with Crippen LogP contribution >= 0.6 is 0 Å². The number of rotatable bonds is 16.